The minimum absolute atomic E-state index is 0.299. The zero-order valence-corrected chi connectivity index (χ0v) is 29.8. The van der Waals surface area contributed by atoms with Gasteiger partial charge in [-0.25, -0.2) is 0 Å². The third kappa shape index (κ3) is 5.40. The van der Waals surface area contributed by atoms with Gasteiger partial charge >= 0.3 is 0 Å². The van der Waals surface area contributed by atoms with E-state index >= 15 is 0 Å². The van der Waals surface area contributed by atoms with E-state index in [2.05, 4.69) is 148 Å². The molecule has 5 aliphatic rings. The molecule has 5 aliphatic heterocycles. The smallest absolute Gasteiger partial charge is 0.0915 e. The SMILES string of the molecule is CN1CCC(c2ccc(N3c4ccc(-c5ccc(N6c7ccccc7CCc7ccccc76)cc5)cc4C4CCCNC43)cc2)C2NCCCC21. The maximum atomic E-state index is 3.93. The number of nitrogens with zero attached hydrogens (tertiary/aromatic N) is 3. The molecule has 0 amide bonds. The molecule has 0 aromatic heterocycles. The third-order valence-corrected chi connectivity index (χ3v) is 12.8. The van der Waals surface area contributed by atoms with E-state index in [1.54, 1.807) is 0 Å². The molecule has 3 saturated heterocycles. The lowest BCUT2D eigenvalue weighted by atomic mass is 9.78. The van der Waals surface area contributed by atoms with Gasteiger partial charge in [0.25, 0.3) is 0 Å². The predicted octanol–water partition coefficient (Wildman–Crippen LogP) is 9.41. The number of para-hydroxylation sites is 2. The molecule has 10 rings (SSSR count). The van der Waals surface area contributed by atoms with Crippen LogP contribution in [0.15, 0.2) is 115 Å². The van der Waals surface area contributed by atoms with Crippen LogP contribution in [-0.4, -0.2) is 49.8 Å². The Kier molecular flexibility index (Phi) is 7.97. The first-order valence-corrected chi connectivity index (χ1v) is 19.5. The average molecular weight is 672 g/mol. The van der Waals surface area contributed by atoms with Crippen molar-refractivity contribution in [1.29, 1.82) is 0 Å². The highest BCUT2D eigenvalue weighted by Crippen LogP contribution is 2.49. The molecule has 51 heavy (non-hydrogen) atoms. The maximum Gasteiger partial charge on any atom is 0.0915 e. The highest BCUT2D eigenvalue weighted by atomic mass is 15.3. The van der Waals surface area contributed by atoms with Crippen LogP contribution in [-0.2, 0) is 12.8 Å². The van der Waals surface area contributed by atoms with Crippen molar-refractivity contribution < 1.29 is 0 Å². The van der Waals surface area contributed by atoms with Crippen molar-refractivity contribution in [3.05, 3.63) is 138 Å². The van der Waals surface area contributed by atoms with Gasteiger partial charge in [-0.3, -0.25) is 5.32 Å². The molecule has 0 saturated carbocycles. The quantitative estimate of drug-likeness (QED) is 0.199. The van der Waals surface area contributed by atoms with Crippen molar-refractivity contribution in [2.24, 2.45) is 0 Å². The van der Waals surface area contributed by atoms with Crippen molar-refractivity contribution >= 4 is 28.4 Å². The Bertz CT molecular complexity index is 1990. The van der Waals surface area contributed by atoms with Crippen LogP contribution in [0.1, 0.15) is 66.2 Å². The molecule has 0 spiro atoms. The first kappa shape index (κ1) is 31.3. The molecule has 5 unspecified atom stereocenters. The number of hydrogen-bond acceptors (Lipinski definition) is 5. The van der Waals surface area contributed by atoms with E-state index in [4.69, 9.17) is 0 Å². The second kappa shape index (κ2) is 13.0. The van der Waals surface area contributed by atoms with Crippen molar-refractivity contribution in [2.45, 2.75) is 75.0 Å². The number of nitrogens with one attached hydrogen (secondary N) is 2. The van der Waals surface area contributed by atoms with Gasteiger partial charge in [-0.15, -0.1) is 0 Å². The summed E-state index contributed by atoms with van der Waals surface area (Å²) in [5, 5.41) is 7.83. The third-order valence-electron chi connectivity index (χ3n) is 12.8. The van der Waals surface area contributed by atoms with E-state index in [0.717, 1.165) is 25.9 Å². The highest BCUT2D eigenvalue weighted by Gasteiger charge is 2.42. The molecule has 0 bridgehead atoms. The van der Waals surface area contributed by atoms with Crippen molar-refractivity contribution in [2.75, 3.05) is 36.5 Å². The average Bonchev–Trinajstić information content (AvgIpc) is 3.42. The van der Waals surface area contributed by atoms with Gasteiger partial charge in [-0.1, -0.05) is 66.7 Å². The van der Waals surface area contributed by atoms with Crippen LogP contribution in [0.3, 0.4) is 0 Å². The van der Waals surface area contributed by atoms with Gasteiger partial charge in [0, 0.05) is 52.4 Å². The number of hydrogen-bond donors (Lipinski definition) is 2. The zero-order chi connectivity index (χ0) is 33.9. The van der Waals surface area contributed by atoms with E-state index in [1.165, 1.54) is 100 Å². The molecule has 5 heterocycles. The Morgan fingerprint density at radius 2 is 1.25 bits per heavy atom. The lowest BCUT2D eigenvalue weighted by molar-refractivity contribution is 0.0959. The molecule has 0 radical (unpaired) electrons. The number of anilines is 5. The van der Waals surface area contributed by atoms with Crippen LogP contribution in [0, 0.1) is 0 Å². The standard InChI is InChI=1S/C46H49N5/c1-49-29-26-38(45-44(49)13-7-27-47-45)32-18-23-37(24-19-32)51-43-25-20-35(30-40(43)39-10-6-28-48-46(39)51)31-16-21-36(22-17-31)50-41-11-4-2-8-33(41)14-15-34-9-3-5-12-42(34)50/h2-5,8-9,11-12,16-25,30,38-39,44-48H,6-7,10,13-15,26-29H2,1H3. The number of fused-ring (bicyclic) bond motifs is 6. The van der Waals surface area contributed by atoms with Crippen LogP contribution in [0.4, 0.5) is 28.4 Å². The Labute approximate surface area is 303 Å². The number of rotatable bonds is 4. The summed E-state index contributed by atoms with van der Waals surface area (Å²) in [6.45, 7) is 3.41. The first-order chi connectivity index (χ1) is 25.2. The van der Waals surface area contributed by atoms with Crippen LogP contribution in [0.2, 0.25) is 0 Å². The second-order valence-electron chi connectivity index (χ2n) is 15.6. The predicted molar refractivity (Wildman–Crippen MR) is 211 cm³/mol. The lowest BCUT2D eigenvalue weighted by Crippen LogP contribution is -2.58. The van der Waals surface area contributed by atoms with Crippen LogP contribution in [0.25, 0.3) is 11.1 Å². The maximum absolute atomic E-state index is 3.93. The van der Waals surface area contributed by atoms with E-state index in [1.807, 2.05) is 0 Å². The van der Waals surface area contributed by atoms with Crippen molar-refractivity contribution in [1.82, 2.24) is 15.5 Å². The number of likely N-dealkylation sites (N-methyl/N-ethyl adjacent to an activating group) is 1. The topological polar surface area (TPSA) is 33.8 Å². The minimum Gasteiger partial charge on any atom is -0.325 e. The first-order valence-electron chi connectivity index (χ1n) is 19.5. The molecule has 5 nitrogen and oxygen atoms in total. The summed E-state index contributed by atoms with van der Waals surface area (Å²) in [5.41, 5.74) is 14.8. The zero-order valence-electron chi connectivity index (χ0n) is 29.8. The van der Waals surface area contributed by atoms with Crippen molar-refractivity contribution in [3.63, 3.8) is 0 Å². The number of aryl methyl sites for hydroxylation is 2. The summed E-state index contributed by atoms with van der Waals surface area (Å²) in [6.07, 6.45) is 8.69. The Balaban J connectivity index is 0.952. The summed E-state index contributed by atoms with van der Waals surface area (Å²) in [5.74, 6) is 1.07. The molecule has 5 atom stereocenters. The summed E-state index contributed by atoms with van der Waals surface area (Å²) in [7, 11) is 2.32. The van der Waals surface area contributed by atoms with Gasteiger partial charge in [-0.05, 0) is 154 Å². The number of piperidine rings is 3. The van der Waals surface area contributed by atoms with E-state index in [9.17, 15) is 0 Å². The van der Waals surface area contributed by atoms with E-state index < -0.39 is 0 Å². The Hall–Kier alpha value is -4.42. The highest BCUT2D eigenvalue weighted by molar-refractivity contribution is 5.83. The summed E-state index contributed by atoms with van der Waals surface area (Å²) >= 11 is 0. The van der Waals surface area contributed by atoms with Gasteiger partial charge in [-0.2, -0.15) is 0 Å². The van der Waals surface area contributed by atoms with E-state index in [0.29, 0.717) is 30.1 Å². The number of likely N-dealkylation sites (tertiary alicyclic amines) is 1. The molecular formula is C46H49N5. The van der Waals surface area contributed by atoms with Crippen LogP contribution >= 0.6 is 0 Å². The molecule has 0 aliphatic carbocycles. The summed E-state index contributed by atoms with van der Waals surface area (Å²) in [4.78, 5) is 7.65. The summed E-state index contributed by atoms with van der Waals surface area (Å²) in [6, 6.07) is 45.2. The van der Waals surface area contributed by atoms with Gasteiger partial charge in [0.15, 0.2) is 0 Å². The normalized spacial score (nSPS) is 25.6. The fourth-order valence-electron chi connectivity index (χ4n) is 10.3. The fraction of sp³-hybridized carbons (Fsp3) is 0.348. The Morgan fingerprint density at radius 1 is 0.588 bits per heavy atom. The van der Waals surface area contributed by atoms with Gasteiger partial charge in [0.1, 0.15) is 0 Å². The fourth-order valence-corrected chi connectivity index (χ4v) is 10.3. The molecular weight excluding hydrogens is 623 g/mol. The van der Waals surface area contributed by atoms with Gasteiger partial charge in [0.05, 0.1) is 6.17 Å². The van der Waals surface area contributed by atoms with Gasteiger partial charge in [0.2, 0.25) is 0 Å². The molecule has 2 N–H and O–H groups in total. The molecule has 5 heteroatoms. The number of benzene rings is 5. The molecule has 5 aromatic carbocycles. The molecule has 258 valence electrons. The van der Waals surface area contributed by atoms with Crippen LogP contribution < -0.4 is 20.4 Å². The minimum atomic E-state index is 0.299. The Morgan fingerprint density at radius 3 is 2.02 bits per heavy atom. The molecule has 3 fully saturated rings. The van der Waals surface area contributed by atoms with Gasteiger partial charge < -0.3 is 20.0 Å². The van der Waals surface area contributed by atoms with Crippen molar-refractivity contribution in [3.8, 4) is 11.1 Å². The summed E-state index contributed by atoms with van der Waals surface area (Å²) < 4.78 is 0. The lowest BCUT2D eigenvalue weighted by Gasteiger charge is -2.47. The van der Waals surface area contributed by atoms with E-state index in [-0.39, 0.29) is 0 Å². The molecule has 5 aromatic rings. The van der Waals surface area contributed by atoms with Crippen LogP contribution in [0.5, 0.6) is 0 Å². The largest absolute Gasteiger partial charge is 0.325 e. The second-order valence-corrected chi connectivity index (χ2v) is 15.6. The monoisotopic (exact) mass is 671 g/mol.